The molecule has 0 aliphatic carbocycles. The molecule has 0 radical (unpaired) electrons. The molecule has 2 aromatic heterocycles. The topological polar surface area (TPSA) is 136 Å². The van der Waals surface area contributed by atoms with Gasteiger partial charge < -0.3 is 34.2 Å². The number of benzene rings is 3. The van der Waals surface area contributed by atoms with Crippen molar-refractivity contribution in [2.75, 3.05) is 26.6 Å². The van der Waals surface area contributed by atoms with Crippen molar-refractivity contribution >= 4 is 25.3 Å². The molecule has 3 heterocycles. The van der Waals surface area contributed by atoms with Gasteiger partial charge in [0.25, 0.3) is 0 Å². The number of nitrogens with two attached hydrogens (primary N) is 1. The average molecular weight is 684 g/mol. The molecule has 0 spiro atoms. The lowest BCUT2D eigenvalue weighted by atomic mass is 9.80. The van der Waals surface area contributed by atoms with E-state index >= 15 is 0 Å². The van der Waals surface area contributed by atoms with E-state index in [4.69, 9.17) is 29.1 Å². The van der Waals surface area contributed by atoms with Crippen LogP contribution < -0.4 is 15.2 Å². The number of aliphatic hydroxyl groups excluding tert-OH is 1. The Kier molecular flexibility index (Phi) is 9.53. The molecule has 4 atom stereocenters. The highest BCUT2D eigenvalue weighted by Gasteiger charge is 2.52. The van der Waals surface area contributed by atoms with Gasteiger partial charge >= 0.3 is 0 Å². The second kappa shape index (κ2) is 13.5. The molecule has 0 saturated carbocycles. The average Bonchev–Trinajstić information content (AvgIpc) is 3.66. The van der Waals surface area contributed by atoms with E-state index < -0.39 is 38.5 Å². The molecule has 5 aromatic rings. The molecular formula is C37H45N5O6Si. The van der Waals surface area contributed by atoms with Crippen LogP contribution in [0.3, 0.4) is 0 Å². The second-order valence-corrected chi connectivity index (χ2v) is 18.6. The molecule has 3 N–H and O–H groups in total. The van der Waals surface area contributed by atoms with Crippen LogP contribution in [0.2, 0.25) is 18.1 Å². The Morgan fingerprint density at radius 2 is 1.41 bits per heavy atom. The first-order chi connectivity index (χ1) is 23.4. The Bertz CT molecular complexity index is 1810. The van der Waals surface area contributed by atoms with E-state index in [1.807, 2.05) is 78.9 Å². The van der Waals surface area contributed by atoms with Crippen molar-refractivity contribution in [1.29, 1.82) is 0 Å². The van der Waals surface area contributed by atoms with E-state index in [2.05, 4.69) is 48.8 Å². The van der Waals surface area contributed by atoms with Gasteiger partial charge in [-0.1, -0.05) is 75.4 Å². The van der Waals surface area contributed by atoms with E-state index in [0.29, 0.717) is 11.2 Å². The van der Waals surface area contributed by atoms with Gasteiger partial charge in [-0.15, -0.1) is 0 Å². The highest BCUT2D eigenvalue weighted by atomic mass is 28.4. The van der Waals surface area contributed by atoms with Gasteiger partial charge in [0.2, 0.25) is 0 Å². The SMILES string of the molecule is COc1ccc(C(OC[C@H]2O[C@@H](n3cnc4c(N)ncnc43)[C@H](O[Si](C)(C)C(C)(C)C)[C@@H]2O)(c2ccccc2)c2ccc(OC)cc2)cc1. The highest BCUT2D eigenvalue weighted by Crippen LogP contribution is 2.45. The Morgan fingerprint density at radius 1 is 0.837 bits per heavy atom. The van der Waals surface area contributed by atoms with Gasteiger partial charge in [0.05, 0.1) is 27.2 Å². The summed E-state index contributed by atoms with van der Waals surface area (Å²) in [6.07, 6.45) is -0.321. The molecule has 1 saturated heterocycles. The van der Waals surface area contributed by atoms with Crippen LogP contribution in [0.15, 0.2) is 91.5 Å². The first-order valence-corrected chi connectivity index (χ1v) is 19.2. The first kappa shape index (κ1) is 34.5. The van der Waals surface area contributed by atoms with Crippen LogP contribution in [0.4, 0.5) is 5.82 Å². The molecule has 258 valence electrons. The molecule has 1 fully saturated rings. The number of nitrogen functional groups attached to an aromatic ring is 1. The summed E-state index contributed by atoms with van der Waals surface area (Å²) in [5.41, 5.74) is 8.62. The van der Waals surface area contributed by atoms with Crippen LogP contribution in [-0.4, -0.2) is 72.1 Å². The number of rotatable bonds is 11. The second-order valence-electron chi connectivity index (χ2n) is 13.8. The monoisotopic (exact) mass is 683 g/mol. The van der Waals surface area contributed by atoms with E-state index in [9.17, 15) is 5.11 Å². The molecule has 49 heavy (non-hydrogen) atoms. The van der Waals surface area contributed by atoms with Crippen molar-refractivity contribution in [1.82, 2.24) is 19.5 Å². The molecule has 1 aliphatic heterocycles. The maximum atomic E-state index is 12.1. The van der Waals surface area contributed by atoms with Crippen molar-refractivity contribution in [3.63, 3.8) is 0 Å². The fourth-order valence-electron chi connectivity index (χ4n) is 6.06. The number of nitrogens with zero attached hydrogens (tertiary/aromatic N) is 4. The summed E-state index contributed by atoms with van der Waals surface area (Å²) >= 11 is 0. The quantitative estimate of drug-likeness (QED) is 0.125. The Morgan fingerprint density at radius 3 is 1.96 bits per heavy atom. The maximum Gasteiger partial charge on any atom is 0.192 e. The van der Waals surface area contributed by atoms with Gasteiger partial charge in [-0.05, 0) is 59.1 Å². The smallest absolute Gasteiger partial charge is 0.192 e. The summed E-state index contributed by atoms with van der Waals surface area (Å²) < 4.78 is 33.5. The van der Waals surface area contributed by atoms with Gasteiger partial charge in [-0.2, -0.15) is 0 Å². The van der Waals surface area contributed by atoms with Gasteiger partial charge in [-0.25, -0.2) is 15.0 Å². The zero-order valence-corrected chi connectivity index (χ0v) is 30.0. The number of aliphatic hydroxyl groups is 1. The number of hydrogen-bond acceptors (Lipinski definition) is 10. The third-order valence-electron chi connectivity index (χ3n) is 9.85. The molecular weight excluding hydrogens is 639 g/mol. The first-order valence-electron chi connectivity index (χ1n) is 16.3. The largest absolute Gasteiger partial charge is 0.497 e. The fourth-order valence-corrected chi connectivity index (χ4v) is 7.35. The predicted octanol–water partition coefficient (Wildman–Crippen LogP) is 6.08. The van der Waals surface area contributed by atoms with Crippen molar-refractivity contribution in [2.24, 2.45) is 0 Å². The lowest BCUT2D eigenvalue weighted by Gasteiger charge is -2.40. The van der Waals surface area contributed by atoms with Crippen molar-refractivity contribution in [2.45, 2.75) is 69.0 Å². The Hall–Kier alpha value is -4.33. The van der Waals surface area contributed by atoms with Gasteiger partial charge in [0, 0.05) is 0 Å². The summed E-state index contributed by atoms with van der Waals surface area (Å²) in [4.78, 5) is 13.0. The highest BCUT2D eigenvalue weighted by molar-refractivity contribution is 6.74. The zero-order chi connectivity index (χ0) is 35.0. The van der Waals surface area contributed by atoms with Crippen LogP contribution in [0.1, 0.15) is 43.7 Å². The molecule has 3 aromatic carbocycles. The zero-order valence-electron chi connectivity index (χ0n) is 29.0. The summed E-state index contributed by atoms with van der Waals surface area (Å²) in [6, 6.07) is 25.7. The van der Waals surface area contributed by atoms with E-state index in [0.717, 1.165) is 28.2 Å². The third kappa shape index (κ3) is 6.42. The van der Waals surface area contributed by atoms with Gasteiger partial charge in [0.15, 0.2) is 26.0 Å². The fraction of sp³-hybridized carbons (Fsp3) is 0.378. The van der Waals surface area contributed by atoms with E-state index in [1.165, 1.54) is 6.33 Å². The van der Waals surface area contributed by atoms with Crippen molar-refractivity contribution in [3.8, 4) is 11.5 Å². The van der Waals surface area contributed by atoms with Crippen LogP contribution in [0.25, 0.3) is 11.2 Å². The van der Waals surface area contributed by atoms with Gasteiger partial charge in [-0.3, -0.25) is 4.57 Å². The molecule has 12 heteroatoms. The maximum absolute atomic E-state index is 12.1. The number of fused-ring (bicyclic) bond motifs is 1. The number of methoxy groups -OCH3 is 2. The Balaban J connectivity index is 1.43. The van der Waals surface area contributed by atoms with E-state index in [1.54, 1.807) is 25.1 Å². The normalized spacial score (nSPS) is 20.1. The number of ether oxygens (including phenoxy) is 4. The molecule has 11 nitrogen and oxygen atoms in total. The molecule has 0 bridgehead atoms. The number of anilines is 1. The molecule has 0 unspecified atom stereocenters. The molecule has 0 amide bonds. The Labute approximate surface area is 288 Å². The van der Waals surface area contributed by atoms with Crippen molar-refractivity contribution in [3.05, 3.63) is 108 Å². The number of hydrogen-bond donors (Lipinski definition) is 2. The van der Waals surface area contributed by atoms with Crippen LogP contribution in [-0.2, 0) is 19.5 Å². The minimum Gasteiger partial charge on any atom is -0.497 e. The number of imidazole rings is 1. The minimum atomic E-state index is -2.41. The standard InChI is InChI=1S/C37H45N5O6Si/c1-36(2,3)49(6,7)48-32-31(43)29(47-35(32)42-23-41-30-33(38)39-22-40-34(30)42)21-46-37(24-11-9-8-10-12-24,25-13-17-27(44-4)18-14-25)26-15-19-28(45-5)20-16-26/h8-20,22-23,29,31-32,35,43H,21H2,1-7H3,(H2,38,39,40)/t29-,31-,32-,35-/m1/s1. The summed E-state index contributed by atoms with van der Waals surface area (Å²) in [7, 11) is 0.874. The lowest BCUT2D eigenvalue weighted by molar-refractivity contribution is -0.0940. The predicted molar refractivity (Wildman–Crippen MR) is 190 cm³/mol. The van der Waals surface area contributed by atoms with E-state index in [-0.39, 0.29) is 17.5 Å². The molecule has 1 aliphatic rings. The minimum absolute atomic E-state index is 0.0196. The van der Waals surface area contributed by atoms with Crippen LogP contribution >= 0.6 is 0 Å². The molecule has 6 rings (SSSR count). The van der Waals surface area contributed by atoms with Crippen molar-refractivity contribution < 1.29 is 28.5 Å². The van der Waals surface area contributed by atoms with Crippen LogP contribution in [0.5, 0.6) is 11.5 Å². The van der Waals surface area contributed by atoms with Gasteiger partial charge in [0.1, 0.15) is 47.3 Å². The summed E-state index contributed by atoms with van der Waals surface area (Å²) in [5, 5.41) is 12.0. The number of aromatic nitrogens is 4. The third-order valence-corrected chi connectivity index (χ3v) is 14.3. The lowest BCUT2D eigenvalue weighted by Crippen LogP contribution is -2.49. The summed E-state index contributed by atoms with van der Waals surface area (Å²) in [6.45, 7) is 10.8. The summed E-state index contributed by atoms with van der Waals surface area (Å²) in [5.74, 6) is 1.71. The van der Waals surface area contributed by atoms with Crippen LogP contribution in [0, 0.1) is 0 Å².